The molecule has 0 fully saturated rings. The van der Waals surface area contributed by atoms with Gasteiger partial charge in [0.25, 0.3) is 0 Å². The Balaban J connectivity index is 1.69. The van der Waals surface area contributed by atoms with Crippen LogP contribution in [0.1, 0.15) is 11.1 Å². The summed E-state index contributed by atoms with van der Waals surface area (Å²) in [6, 6.07) is 15.0. The molecule has 0 saturated heterocycles. The molecule has 140 valence electrons. The molecule has 4 rings (SSSR count). The minimum Gasteiger partial charge on any atom is -0.506 e. The van der Waals surface area contributed by atoms with Gasteiger partial charge in [-0.3, -0.25) is 14.9 Å². The third-order valence-electron chi connectivity index (χ3n) is 4.85. The van der Waals surface area contributed by atoms with Crippen LogP contribution >= 0.6 is 0 Å². The van der Waals surface area contributed by atoms with Crippen molar-refractivity contribution in [2.24, 2.45) is 0 Å². The Morgan fingerprint density at radius 3 is 1.75 bits per heavy atom. The van der Waals surface area contributed by atoms with Crippen LogP contribution < -0.4 is 0 Å². The van der Waals surface area contributed by atoms with Crippen LogP contribution in [0.2, 0.25) is 0 Å². The van der Waals surface area contributed by atoms with E-state index in [-0.39, 0.29) is 11.5 Å². The van der Waals surface area contributed by atoms with E-state index in [0.29, 0.717) is 30.7 Å². The Hall–Kier alpha value is -3.44. The van der Waals surface area contributed by atoms with E-state index >= 15 is 0 Å². The standard InChI is InChI=1S/C23H21N3O2/c1-2-13-26(14-16-7-9-20(27)22-18(16)5-3-11-24-22)15-17-8-10-21(28)23-19(17)6-4-12-25-23/h2-12,27-28H,1,13-15H2. The van der Waals surface area contributed by atoms with Crippen molar-refractivity contribution in [2.75, 3.05) is 6.54 Å². The predicted octanol–water partition coefficient (Wildman–Crippen LogP) is 4.38. The Labute approximate surface area is 163 Å². The summed E-state index contributed by atoms with van der Waals surface area (Å²) >= 11 is 0. The van der Waals surface area contributed by atoms with Gasteiger partial charge in [0.15, 0.2) is 0 Å². The van der Waals surface area contributed by atoms with Crippen molar-refractivity contribution in [3.8, 4) is 11.5 Å². The number of pyridine rings is 2. The number of phenolic OH excluding ortho intramolecular Hbond substituents is 2. The number of nitrogens with zero attached hydrogens (tertiary/aromatic N) is 3. The molecule has 0 aliphatic carbocycles. The Bertz CT molecular complexity index is 1070. The molecule has 0 radical (unpaired) electrons. The van der Waals surface area contributed by atoms with Gasteiger partial charge in [0.2, 0.25) is 0 Å². The van der Waals surface area contributed by atoms with Gasteiger partial charge in [-0.15, -0.1) is 6.58 Å². The lowest BCUT2D eigenvalue weighted by Gasteiger charge is -2.22. The van der Waals surface area contributed by atoms with E-state index in [9.17, 15) is 10.2 Å². The van der Waals surface area contributed by atoms with Gasteiger partial charge in [0, 0.05) is 42.8 Å². The van der Waals surface area contributed by atoms with Crippen LogP contribution in [0.5, 0.6) is 11.5 Å². The topological polar surface area (TPSA) is 69.5 Å². The maximum atomic E-state index is 10.1. The van der Waals surface area contributed by atoms with Crippen molar-refractivity contribution in [3.63, 3.8) is 0 Å². The van der Waals surface area contributed by atoms with E-state index in [0.717, 1.165) is 21.9 Å². The minimum absolute atomic E-state index is 0.185. The fraction of sp³-hybridized carbons (Fsp3) is 0.130. The molecule has 0 saturated carbocycles. The summed E-state index contributed by atoms with van der Waals surface area (Å²) in [6.07, 6.45) is 5.24. The first kappa shape index (κ1) is 17.9. The van der Waals surface area contributed by atoms with Crippen molar-refractivity contribution < 1.29 is 10.2 Å². The molecule has 0 atom stereocenters. The van der Waals surface area contributed by atoms with Crippen LogP contribution in [-0.4, -0.2) is 31.6 Å². The van der Waals surface area contributed by atoms with Crippen molar-refractivity contribution in [2.45, 2.75) is 13.1 Å². The molecule has 2 N–H and O–H groups in total. The molecule has 5 nitrogen and oxygen atoms in total. The summed E-state index contributed by atoms with van der Waals surface area (Å²) in [4.78, 5) is 10.9. The molecule has 0 amide bonds. The van der Waals surface area contributed by atoms with E-state index in [1.165, 1.54) is 0 Å². The van der Waals surface area contributed by atoms with E-state index in [4.69, 9.17) is 0 Å². The van der Waals surface area contributed by atoms with Crippen LogP contribution in [0.3, 0.4) is 0 Å². The molecule has 0 aliphatic rings. The summed E-state index contributed by atoms with van der Waals surface area (Å²) in [5.41, 5.74) is 3.39. The highest BCUT2D eigenvalue weighted by Crippen LogP contribution is 2.29. The highest BCUT2D eigenvalue weighted by Gasteiger charge is 2.13. The second-order valence-corrected chi connectivity index (χ2v) is 6.75. The second kappa shape index (κ2) is 7.66. The molecule has 0 spiro atoms. The zero-order valence-corrected chi connectivity index (χ0v) is 15.4. The van der Waals surface area contributed by atoms with Crippen LogP contribution in [-0.2, 0) is 13.1 Å². The van der Waals surface area contributed by atoms with Gasteiger partial charge < -0.3 is 10.2 Å². The quantitative estimate of drug-likeness (QED) is 0.492. The van der Waals surface area contributed by atoms with Crippen molar-refractivity contribution in [1.29, 1.82) is 0 Å². The lowest BCUT2D eigenvalue weighted by Crippen LogP contribution is -2.23. The summed E-state index contributed by atoms with van der Waals surface area (Å²) in [5.74, 6) is 0.371. The fourth-order valence-corrected chi connectivity index (χ4v) is 3.56. The van der Waals surface area contributed by atoms with Gasteiger partial charge in [0.1, 0.15) is 22.5 Å². The molecule has 4 aromatic rings. The average molecular weight is 371 g/mol. The Kier molecular flexibility index (Phi) is 4.91. The van der Waals surface area contributed by atoms with Gasteiger partial charge in [-0.2, -0.15) is 0 Å². The van der Waals surface area contributed by atoms with Crippen LogP contribution in [0.4, 0.5) is 0 Å². The largest absolute Gasteiger partial charge is 0.506 e. The van der Waals surface area contributed by atoms with E-state index in [1.807, 2.05) is 42.5 Å². The van der Waals surface area contributed by atoms with Gasteiger partial charge in [-0.25, -0.2) is 0 Å². The number of fused-ring (bicyclic) bond motifs is 2. The molecule has 5 heteroatoms. The monoisotopic (exact) mass is 371 g/mol. The summed E-state index contributed by atoms with van der Waals surface area (Å²) in [5, 5.41) is 22.1. The third kappa shape index (κ3) is 3.40. The highest BCUT2D eigenvalue weighted by atomic mass is 16.3. The third-order valence-corrected chi connectivity index (χ3v) is 4.85. The summed E-state index contributed by atoms with van der Waals surface area (Å²) in [7, 11) is 0. The summed E-state index contributed by atoms with van der Waals surface area (Å²) < 4.78 is 0. The van der Waals surface area contributed by atoms with Crippen LogP contribution in [0, 0.1) is 0 Å². The highest BCUT2D eigenvalue weighted by molar-refractivity contribution is 5.88. The molecule has 2 aromatic heterocycles. The lowest BCUT2D eigenvalue weighted by molar-refractivity contribution is 0.288. The van der Waals surface area contributed by atoms with Crippen LogP contribution in [0.25, 0.3) is 21.8 Å². The molecule has 0 unspecified atom stereocenters. The fourth-order valence-electron chi connectivity index (χ4n) is 3.56. The first-order valence-corrected chi connectivity index (χ1v) is 9.12. The van der Waals surface area contributed by atoms with Gasteiger partial charge in [-0.05, 0) is 35.4 Å². The molecular formula is C23H21N3O2. The maximum absolute atomic E-state index is 10.1. The second-order valence-electron chi connectivity index (χ2n) is 6.75. The number of phenols is 2. The van der Waals surface area contributed by atoms with Crippen molar-refractivity contribution >= 4 is 21.8 Å². The average Bonchev–Trinajstić information content (AvgIpc) is 2.73. The molecule has 0 bridgehead atoms. The van der Waals surface area contributed by atoms with E-state index in [1.54, 1.807) is 24.5 Å². The zero-order valence-electron chi connectivity index (χ0n) is 15.4. The number of hydrogen-bond acceptors (Lipinski definition) is 5. The molecule has 0 aliphatic heterocycles. The normalized spacial score (nSPS) is 11.3. The summed E-state index contributed by atoms with van der Waals surface area (Å²) in [6.45, 7) is 5.95. The first-order chi connectivity index (χ1) is 13.7. The number of aromatic nitrogens is 2. The van der Waals surface area contributed by atoms with Gasteiger partial charge in [-0.1, -0.05) is 30.3 Å². The molecule has 2 aromatic carbocycles. The number of benzene rings is 2. The first-order valence-electron chi connectivity index (χ1n) is 9.12. The van der Waals surface area contributed by atoms with E-state index < -0.39 is 0 Å². The zero-order chi connectivity index (χ0) is 19.5. The SMILES string of the molecule is C=CCN(Cc1ccc(O)c2ncccc12)Cc1ccc(O)c2ncccc12. The van der Waals surface area contributed by atoms with Crippen molar-refractivity contribution in [1.82, 2.24) is 14.9 Å². The number of rotatable bonds is 6. The minimum atomic E-state index is 0.185. The predicted molar refractivity (Wildman–Crippen MR) is 111 cm³/mol. The Morgan fingerprint density at radius 2 is 1.29 bits per heavy atom. The van der Waals surface area contributed by atoms with Crippen molar-refractivity contribution in [3.05, 3.63) is 84.7 Å². The number of aromatic hydroxyl groups is 2. The van der Waals surface area contributed by atoms with E-state index in [2.05, 4.69) is 21.4 Å². The van der Waals surface area contributed by atoms with Gasteiger partial charge in [0.05, 0.1) is 0 Å². The maximum Gasteiger partial charge on any atom is 0.141 e. The van der Waals surface area contributed by atoms with Gasteiger partial charge >= 0.3 is 0 Å². The Morgan fingerprint density at radius 1 is 0.786 bits per heavy atom. The molecule has 28 heavy (non-hydrogen) atoms. The number of hydrogen-bond donors (Lipinski definition) is 2. The van der Waals surface area contributed by atoms with Crippen LogP contribution in [0.15, 0.2) is 73.6 Å². The molecule has 2 heterocycles. The molecular weight excluding hydrogens is 350 g/mol. The smallest absolute Gasteiger partial charge is 0.141 e. The lowest BCUT2D eigenvalue weighted by atomic mass is 10.0.